The molecule has 0 aliphatic heterocycles. The number of unbranched alkanes of at least 4 members (excludes halogenated alkanes) is 1. The van der Waals surface area contributed by atoms with Crippen molar-refractivity contribution in [3.63, 3.8) is 0 Å². The van der Waals surface area contributed by atoms with Gasteiger partial charge in [0.05, 0.1) is 12.2 Å². The van der Waals surface area contributed by atoms with Gasteiger partial charge in [0.2, 0.25) is 0 Å². The maximum atomic E-state index is 12.6. The van der Waals surface area contributed by atoms with Gasteiger partial charge in [0.15, 0.2) is 0 Å². The van der Waals surface area contributed by atoms with E-state index >= 15 is 0 Å². The van der Waals surface area contributed by atoms with Crippen LogP contribution in [0.2, 0.25) is 0 Å². The molecule has 0 bridgehead atoms. The van der Waals surface area contributed by atoms with E-state index in [2.05, 4.69) is 34.6 Å². The van der Waals surface area contributed by atoms with Gasteiger partial charge < -0.3 is 10.2 Å². The number of fused-ring (bicyclic) bond motifs is 5. The quantitative estimate of drug-likeness (QED) is 0.476. The molecule has 4 aliphatic carbocycles. The van der Waals surface area contributed by atoms with Crippen molar-refractivity contribution in [1.82, 2.24) is 0 Å². The average Bonchev–Trinajstić information content (AvgIpc) is 3.11. The Hall–Kier alpha value is -0.410. The van der Waals surface area contributed by atoms with E-state index in [-0.39, 0.29) is 23.0 Å². The van der Waals surface area contributed by atoms with Crippen LogP contribution in [0.3, 0.4) is 0 Å². The van der Waals surface area contributed by atoms with Crippen LogP contribution in [0.15, 0.2) is 0 Å². The van der Waals surface area contributed by atoms with Gasteiger partial charge >= 0.3 is 0 Å². The Morgan fingerprint density at radius 1 is 0.969 bits per heavy atom. The molecule has 2 N–H and O–H groups in total. The van der Waals surface area contributed by atoms with Crippen molar-refractivity contribution in [3.05, 3.63) is 0 Å². The van der Waals surface area contributed by atoms with Gasteiger partial charge in [0.1, 0.15) is 5.78 Å². The predicted molar refractivity (Wildman–Crippen MR) is 130 cm³/mol. The Balaban J connectivity index is 1.56. The fourth-order valence-corrected chi connectivity index (χ4v) is 9.91. The molecule has 0 amide bonds. The van der Waals surface area contributed by atoms with Crippen LogP contribution < -0.4 is 0 Å². The number of hydrogen-bond donors (Lipinski definition) is 2. The lowest BCUT2D eigenvalue weighted by atomic mass is 9.41. The normalized spacial score (nSPS) is 49.1. The first-order valence-electron chi connectivity index (χ1n) is 14.0. The third-order valence-corrected chi connectivity index (χ3v) is 11.5. The Bertz CT molecular complexity index is 675. The number of aliphatic hydroxyl groups is 2. The van der Waals surface area contributed by atoms with E-state index in [9.17, 15) is 15.0 Å². The molecule has 0 radical (unpaired) electrons. The number of hydrogen-bond acceptors (Lipinski definition) is 3. The minimum atomic E-state index is -0.224. The Kier molecular flexibility index (Phi) is 7.20. The summed E-state index contributed by atoms with van der Waals surface area (Å²) in [7, 11) is 0. The highest BCUT2D eigenvalue weighted by atomic mass is 16.3. The van der Waals surface area contributed by atoms with Gasteiger partial charge in [-0.3, -0.25) is 4.79 Å². The molecule has 3 unspecified atom stereocenters. The van der Waals surface area contributed by atoms with Gasteiger partial charge in [-0.05, 0) is 104 Å². The van der Waals surface area contributed by atoms with E-state index in [1.807, 2.05) is 0 Å². The number of Topliss-reactive ketones (excluding diaryl/α,β-unsaturated/α-hetero) is 1. The molecule has 3 heteroatoms. The molecule has 32 heavy (non-hydrogen) atoms. The standard InChI is InChI=1S/C29H50O3/c1-6-8-9-19(30)16-18(3)22-10-11-23-26-24(13-15-28(22,23)4)29(5)14-12-20(31)17-25(29)21(7-2)27(26)32/h18,20-27,31-32H,6-17H2,1-5H3/t18-,20-,21-,22-,23?,24?,25+,26?,27-,28-,29-/m1/s1. The van der Waals surface area contributed by atoms with E-state index in [4.69, 9.17) is 0 Å². The van der Waals surface area contributed by atoms with Crippen LogP contribution in [0.4, 0.5) is 0 Å². The Labute approximate surface area is 197 Å². The van der Waals surface area contributed by atoms with Crippen LogP contribution in [0.25, 0.3) is 0 Å². The molecule has 4 aliphatic rings. The molecule has 0 aromatic heterocycles. The van der Waals surface area contributed by atoms with Crippen molar-refractivity contribution >= 4 is 5.78 Å². The summed E-state index contributed by atoms with van der Waals surface area (Å²) in [6.07, 6.45) is 12.1. The molecule has 0 heterocycles. The van der Waals surface area contributed by atoms with Gasteiger partial charge in [0.25, 0.3) is 0 Å². The van der Waals surface area contributed by atoms with Crippen LogP contribution in [0.1, 0.15) is 112 Å². The lowest BCUT2D eigenvalue weighted by Crippen LogP contribution is -2.62. The van der Waals surface area contributed by atoms with Crippen LogP contribution >= 0.6 is 0 Å². The summed E-state index contributed by atoms with van der Waals surface area (Å²) in [5.41, 5.74) is 0.535. The zero-order valence-electron chi connectivity index (χ0n) is 21.5. The lowest BCUT2D eigenvalue weighted by molar-refractivity contribution is -0.203. The molecular formula is C29H50O3. The van der Waals surface area contributed by atoms with Crippen molar-refractivity contribution < 1.29 is 15.0 Å². The minimum absolute atomic E-state index is 0.179. The number of aliphatic hydroxyl groups excluding tert-OH is 2. The monoisotopic (exact) mass is 446 g/mol. The number of carbonyl (C=O) groups excluding carboxylic acids is 1. The van der Waals surface area contributed by atoms with E-state index in [1.54, 1.807) is 0 Å². The summed E-state index contributed by atoms with van der Waals surface area (Å²) in [6.45, 7) is 11.8. The van der Waals surface area contributed by atoms with E-state index in [0.29, 0.717) is 47.2 Å². The van der Waals surface area contributed by atoms with Crippen LogP contribution in [0, 0.1) is 52.3 Å². The van der Waals surface area contributed by atoms with Crippen molar-refractivity contribution in [2.75, 3.05) is 0 Å². The molecule has 0 aromatic carbocycles. The first-order valence-corrected chi connectivity index (χ1v) is 14.0. The average molecular weight is 447 g/mol. The summed E-state index contributed by atoms with van der Waals surface area (Å²) in [5, 5.41) is 22.3. The zero-order valence-corrected chi connectivity index (χ0v) is 21.5. The van der Waals surface area contributed by atoms with Gasteiger partial charge in [0, 0.05) is 12.8 Å². The number of ketones is 1. The van der Waals surface area contributed by atoms with Crippen molar-refractivity contribution in [2.24, 2.45) is 52.3 Å². The first kappa shape index (κ1) is 24.7. The molecule has 0 saturated heterocycles. The van der Waals surface area contributed by atoms with E-state index in [1.165, 1.54) is 25.7 Å². The van der Waals surface area contributed by atoms with Crippen molar-refractivity contribution in [2.45, 2.75) is 124 Å². The van der Waals surface area contributed by atoms with Crippen LogP contribution in [0.5, 0.6) is 0 Å². The summed E-state index contributed by atoms with van der Waals surface area (Å²) in [5.74, 6) is 3.91. The Morgan fingerprint density at radius 3 is 2.34 bits per heavy atom. The highest BCUT2D eigenvalue weighted by molar-refractivity contribution is 5.78. The van der Waals surface area contributed by atoms with Crippen molar-refractivity contribution in [3.8, 4) is 0 Å². The van der Waals surface area contributed by atoms with E-state index < -0.39 is 0 Å². The molecule has 11 atom stereocenters. The molecule has 4 saturated carbocycles. The van der Waals surface area contributed by atoms with Crippen LogP contribution in [-0.4, -0.2) is 28.2 Å². The maximum Gasteiger partial charge on any atom is 0.133 e. The van der Waals surface area contributed by atoms with Gasteiger partial charge in [-0.25, -0.2) is 0 Å². The Morgan fingerprint density at radius 2 is 1.66 bits per heavy atom. The minimum Gasteiger partial charge on any atom is -0.393 e. The second-order valence-corrected chi connectivity index (χ2v) is 12.9. The molecule has 0 aromatic rings. The van der Waals surface area contributed by atoms with Gasteiger partial charge in [-0.15, -0.1) is 0 Å². The SMILES string of the molecule is CCCCC(=O)C[C@@H](C)[C@H]1CCC2C3C(CC[C@@]21C)[C@@]1(C)CC[C@@H](O)C[C@H]1[C@@H](CC)[C@H]3O. The highest BCUT2D eigenvalue weighted by Gasteiger charge is 2.64. The third-order valence-electron chi connectivity index (χ3n) is 11.5. The third kappa shape index (κ3) is 3.92. The van der Waals surface area contributed by atoms with Crippen LogP contribution in [-0.2, 0) is 4.79 Å². The predicted octanol–water partition coefficient (Wildman–Crippen LogP) is 6.40. The summed E-state index contributed by atoms with van der Waals surface area (Å²) < 4.78 is 0. The zero-order chi connectivity index (χ0) is 23.3. The second-order valence-electron chi connectivity index (χ2n) is 12.9. The fraction of sp³-hybridized carbons (Fsp3) is 0.966. The topological polar surface area (TPSA) is 57.5 Å². The second kappa shape index (κ2) is 9.33. The molecular weight excluding hydrogens is 396 g/mol. The van der Waals surface area contributed by atoms with Crippen molar-refractivity contribution in [1.29, 1.82) is 0 Å². The molecule has 4 rings (SSSR count). The highest BCUT2D eigenvalue weighted by Crippen LogP contribution is 2.69. The van der Waals surface area contributed by atoms with Gasteiger partial charge in [-0.1, -0.05) is 47.5 Å². The molecule has 3 nitrogen and oxygen atoms in total. The van der Waals surface area contributed by atoms with E-state index in [0.717, 1.165) is 51.4 Å². The number of carbonyl (C=O) groups is 1. The summed E-state index contributed by atoms with van der Waals surface area (Å²) in [4.78, 5) is 12.6. The summed E-state index contributed by atoms with van der Waals surface area (Å²) in [6, 6.07) is 0. The molecule has 4 fully saturated rings. The molecule has 0 spiro atoms. The molecule has 184 valence electrons. The smallest absolute Gasteiger partial charge is 0.133 e. The largest absolute Gasteiger partial charge is 0.393 e. The van der Waals surface area contributed by atoms with Gasteiger partial charge in [-0.2, -0.15) is 0 Å². The first-order chi connectivity index (χ1) is 15.2. The number of rotatable bonds is 7. The lowest BCUT2D eigenvalue weighted by Gasteiger charge is -2.64. The summed E-state index contributed by atoms with van der Waals surface area (Å²) >= 11 is 0. The fourth-order valence-electron chi connectivity index (χ4n) is 9.91. The maximum absolute atomic E-state index is 12.6.